The number of rotatable bonds is 9. The van der Waals surface area contributed by atoms with E-state index in [1.165, 1.54) is 23.1 Å². The van der Waals surface area contributed by atoms with Crippen LogP contribution in [0.4, 0.5) is 0 Å². The van der Waals surface area contributed by atoms with Gasteiger partial charge < -0.3 is 10.2 Å². The van der Waals surface area contributed by atoms with Crippen LogP contribution in [0.25, 0.3) is 0 Å². The Balaban J connectivity index is 1.71. The summed E-state index contributed by atoms with van der Waals surface area (Å²) in [6.45, 7) is 3.45. The fourth-order valence-corrected chi connectivity index (χ4v) is 5.97. The van der Waals surface area contributed by atoms with Crippen LogP contribution in [0.5, 0.6) is 0 Å². The van der Waals surface area contributed by atoms with Crippen LogP contribution in [0.2, 0.25) is 0 Å². The van der Waals surface area contributed by atoms with Crippen LogP contribution in [0.3, 0.4) is 0 Å². The summed E-state index contributed by atoms with van der Waals surface area (Å²) in [6, 6.07) is 21.8. The number of carbonyl (C=O) groups is 3. The number of sulfonamides is 1. The third-order valence-corrected chi connectivity index (χ3v) is 8.04. The van der Waals surface area contributed by atoms with E-state index in [9.17, 15) is 22.8 Å². The largest absolute Gasteiger partial charge is 0.355 e. The van der Waals surface area contributed by atoms with Crippen molar-refractivity contribution in [3.8, 4) is 0 Å². The first-order valence-electron chi connectivity index (χ1n) is 12.0. The summed E-state index contributed by atoms with van der Waals surface area (Å²) in [4.78, 5) is 41.3. The molecular weight excluding hydrogens is 490 g/mol. The molecule has 1 atom stereocenters. The molecule has 37 heavy (non-hydrogen) atoms. The van der Waals surface area contributed by atoms with Crippen LogP contribution < -0.4 is 5.32 Å². The van der Waals surface area contributed by atoms with Crippen molar-refractivity contribution in [2.75, 3.05) is 13.1 Å². The maximum Gasteiger partial charge on any atom is 0.269 e. The van der Waals surface area contributed by atoms with Crippen LogP contribution in [0.15, 0.2) is 83.8 Å². The second kappa shape index (κ2) is 11.0. The lowest BCUT2D eigenvalue weighted by atomic mass is 10.0. The lowest BCUT2D eigenvalue weighted by Crippen LogP contribution is -2.53. The Kier molecular flexibility index (Phi) is 7.73. The fourth-order valence-electron chi connectivity index (χ4n) is 4.45. The number of hydrogen-bond acceptors (Lipinski definition) is 5. The van der Waals surface area contributed by atoms with Gasteiger partial charge >= 0.3 is 0 Å². The van der Waals surface area contributed by atoms with Crippen molar-refractivity contribution in [3.05, 3.63) is 101 Å². The Hall–Kier alpha value is -3.98. The molecule has 0 aromatic heterocycles. The summed E-state index contributed by atoms with van der Waals surface area (Å²) < 4.78 is 26.8. The highest BCUT2D eigenvalue weighted by Crippen LogP contribution is 2.30. The van der Waals surface area contributed by atoms with E-state index in [0.717, 1.165) is 16.7 Å². The van der Waals surface area contributed by atoms with Crippen LogP contribution in [0, 0.1) is 6.92 Å². The van der Waals surface area contributed by atoms with Crippen molar-refractivity contribution in [2.45, 2.75) is 37.8 Å². The van der Waals surface area contributed by atoms with Crippen molar-refractivity contribution in [1.82, 2.24) is 14.5 Å². The Bertz CT molecular complexity index is 1420. The third-order valence-electron chi connectivity index (χ3n) is 6.25. The van der Waals surface area contributed by atoms with E-state index in [4.69, 9.17) is 0 Å². The predicted octanol–water partition coefficient (Wildman–Crippen LogP) is 2.92. The summed E-state index contributed by atoms with van der Waals surface area (Å²) in [7, 11) is -4.18. The number of likely N-dealkylation sites (N-methyl/N-ethyl adjacent to an activating group) is 1. The van der Waals surface area contributed by atoms with Gasteiger partial charge in [-0.15, -0.1) is 0 Å². The Morgan fingerprint density at radius 1 is 0.946 bits per heavy atom. The van der Waals surface area contributed by atoms with Crippen LogP contribution in [0.1, 0.15) is 34.0 Å². The highest BCUT2D eigenvalue weighted by atomic mass is 32.2. The fraction of sp³-hybridized carbons (Fsp3) is 0.250. The van der Waals surface area contributed by atoms with Gasteiger partial charge in [-0.05, 0) is 37.1 Å². The Morgan fingerprint density at radius 2 is 1.62 bits per heavy atom. The molecule has 1 N–H and O–H groups in total. The van der Waals surface area contributed by atoms with Crippen molar-refractivity contribution in [2.24, 2.45) is 0 Å². The van der Waals surface area contributed by atoms with Gasteiger partial charge in [0.05, 0.1) is 5.56 Å². The number of nitrogens with zero attached hydrogens (tertiary/aromatic N) is 2. The molecule has 0 saturated carbocycles. The van der Waals surface area contributed by atoms with Crippen molar-refractivity contribution in [1.29, 1.82) is 0 Å². The molecule has 1 aliphatic rings. The van der Waals surface area contributed by atoms with Crippen molar-refractivity contribution in [3.63, 3.8) is 0 Å². The smallest absolute Gasteiger partial charge is 0.269 e. The Labute approximate surface area is 217 Å². The second-order valence-electron chi connectivity index (χ2n) is 8.92. The van der Waals surface area contributed by atoms with Crippen LogP contribution in [-0.2, 0) is 32.6 Å². The van der Waals surface area contributed by atoms with Crippen LogP contribution in [-0.4, -0.2) is 54.5 Å². The topological polar surface area (TPSA) is 104 Å². The van der Waals surface area contributed by atoms with Gasteiger partial charge in [0.25, 0.3) is 15.9 Å². The zero-order valence-electron chi connectivity index (χ0n) is 20.8. The predicted molar refractivity (Wildman–Crippen MR) is 139 cm³/mol. The minimum Gasteiger partial charge on any atom is -0.355 e. The molecule has 0 spiro atoms. The molecule has 1 aliphatic heterocycles. The number of aryl methyl sites for hydroxylation is 1. The normalized spacial score (nSPS) is 14.6. The van der Waals surface area contributed by atoms with Crippen molar-refractivity contribution < 1.29 is 22.8 Å². The summed E-state index contributed by atoms with van der Waals surface area (Å²) in [5, 5.41) is 2.80. The van der Waals surface area contributed by atoms with E-state index in [2.05, 4.69) is 5.32 Å². The zero-order valence-corrected chi connectivity index (χ0v) is 21.6. The molecule has 0 saturated heterocycles. The number of fused-ring (bicyclic) bond motifs is 1. The molecule has 0 fully saturated rings. The molecule has 4 rings (SSSR count). The van der Waals surface area contributed by atoms with Crippen LogP contribution >= 0.6 is 0 Å². The molecule has 3 amide bonds. The van der Waals surface area contributed by atoms with Gasteiger partial charge in [-0.25, -0.2) is 12.7 Å². The summed E-state index contributed by atoms with van der Waals surface area (Å²) in [5.41, 5.74) is 2.65. The first-order chi connectivity index (χ1) is 17.7. The van der Waals surface area contributed by atoms with Gasteiger partial charge in [0.2, 0.25) is 11.8 Å². The molecule has 3 aromatic rings. The standard InChI is InChI=1S/C28H29N3O5S/c1-3-29-27(33)24(17-21-11-5-4-6-12-21)30(18-22-13-9-10-20(2)16-22)26(32)19-31-28(34)23-14-7-8-15-25(23)37(31,35)36/h4-16,24H,3,17-19H2,1-2H3,(H,29,33)/t24-/m0/s1. The first kappa shape index (κ1) is 26.1. The molecule has 0 aliphatic carbocycles. The first-order valence-corrected chi connectivity index (χ1v) is 13.5. The van der Waals surface area contributed by atoms with E-state index < -0.39 is 34.4 Å². The van der Waals surface area contributed by atoms with E-state index in [1.54, 1.807) is 13.0 Å². The summed E-state index contributed by atoms with van der Waals surface area (Å²) in [6.07, 6.45) is 0.227. The summed E-state index contributed by atoms with van der Waals surface area (Å²) >= 11 is 0. The van der Waals surface area contributed by atoms with Gasteiger partial charge in [0.15, 0.2) is 0 Å². The average molecular weight is 520 g/mol. The van der Waals surface area contributed by atoms with E-state index in [-0.39, 0.29) is 29.3 Å². The molecule has 0 bridgehead atoms. The van der Waals surface area contributed by atoms with Gasteiger partial charge in [-0.3, -0.25) is 14.4 Å². The van der Waals surface area contributed by atoms with Crippen molar-refractivity contribution >= 4 is 27.7 Å². The van der Waals surface area contributed by atoms with Gasteiger partial charge in [0, 0.05) is 19.5 Å². The lowest BCUT2D eigenvalue weighted by molar-refractivity contribution is -0.141. The number of amides is 3. The number of hydrogen-bond donors (Lipinski definition) is 1. The van der Waals surface area contributed by atoms with Gasteiger partial charge in [0.1, 0.15) is 17.5 Å². The lowest BCUT2D eigenvalue weighted by Gasteiger charge is -2.32. The number of nitrogens with one attached hydrogen (secondary N) is 1. The molecule has 9 heteroatoms. The molecular formula is C28H29N3O5S. The Morgan fingerprint density at radius 3 is 2.30 bits per heavy atom. The second-order valence-corrected chi connectivity index (χ2v) is 10.8. The molecule has 192 valence electrons. The maximum absolute atomic E-state index is 13.8. The zero-order chi connectivity index (χ0) is 26.6. The van der Waals surface area contributed by atoms with E-state index >= 15 is 0 Å². The monoisotopic (exact) mass is 519 g/mol. The average Bonchev–Trinajstić information content (AvgIpc) is 3.07. The number of benzene rings is 3. The molecule has 8 nitrogen and oxygen atoms in total. The maximum atomic E-state index is 13.8. The number of carbonyl (C=O) groups excluding carboxylic acids is 3. The van der Waals surface area contributed by atoms with Gasteiger partial charge in [-0.2, -0.15) is 0 Å². The highest BCUT2D eigenvalue weighted by Gasteiger charge is 2.43. The van der Waals surface area contributed by atoms with Gasteiger partial charge in [-0.1, -0.05) is 72.3 Å². The quantitative estimate of drug-likeness (QED) is 0.468. The minimum absolute atomic E-state index is 0.0325. The highest BCUT2D eigenvalue weighted by molar-refractivity contribution is 7.90. The molecule has 3 aromatic carbocycles. The van der Waals surface area contributed by atoms with E-state index in [0.29, 0.717) is 10.8 Å². The minimum atomic E-state index is -4.18. The molecule has 0 unspecified atom stereocenters. The molecule has 1 heterocycles. The summed E-state index contributed by atoms with van der Waals surface area (Å²) in [5.74, 6) is -1.75. The third kappa shape index (κ3) is 5.56. The SMILES string of the molecule is CCNC(=O)[C@H](Cc1ccccc1)N(Cc1cccc(C)c1)C(=O)CN1C(=O)c2ccccc2S1(=O)=O. The van der Waals surface area contributed by atoms with E-state index in [1.807, 2.05) is 61.5 Å². The molecule has 0 radical (unpaired) electrons.